The summed E-state index contributed by atoms with van der Waals surface area (Å²) in [4.78, 5) is 0. The predicted octanol–water partition coefficient (Wildman–Crippen LogP) is 7.01. The Morgan fingerprint density at radius 2 is 1.64 bits per heavy atom. The van der Waals surface area contributed by atoms with Gasteiger partial charge in [0.15, 0.2) is 6.29 Å². The van der Waals surface area contributed by atoms with Crippen molar-refractivity contribution in [1.82, 2.24) is 0 Å². The third-order valence-electron chi connectivity index (χ3n) is 6.71. The van der Waals surface area contributed by atoms with Crippen molar-refractivity contribution in [2.75, 3.05) is 13.2 Å². The zero-order chi connectivity index (χ0) is 19.8. The lowest BCUT2D eigenvalue weighted by molar-refractivity contribution is -0.229. The first-order valence-electron chi connectivity index (χ1n) is 11.7. The molecule has 2 fully saturated rings. The van der Waals surface area contributed by atoms with Crippen LogP contribution in [0, 0.1) is 17.7 Å². The van der Waals surface area contributed by atoms with E-state index in [-0.39, 0.29) is 12.1 Å². The molecule has 0 unspecified atom stereocenters. The van der Waals surface area contributed by atoms with Crippen LogP contribution in [-0.4, -0.2) is 19.5 Å². The van der Waals surface area contributed by atoms with Crippen molar-refractivity contribution in [1.29, 1.82) is 0 Å². The van der Waals surface area contributed by atoms with Crippen molar-refractivity contribution in [3.05, 3.63) is 35.1 Å². The Bertz CT molecular complexity index is 572. The zero-order valence-electron chi connectivity index (χ0n) is 17.9. The largest absolute Gasteiger partial charge is 0.352 e. The molecule has 1 aliphatic carbocycles. The Balaban J connectivity index is 1.43. The van der Waals surface area contributed by atoms with Gasteiger partial charge in [-0.05, 0) is 68.1 Å². The minimum Gasteiger partial charge on any atom is -0.352 e. The van der Waals surface area contributed by atoms with E-state index in [0.29, 0.717) is 17.8 Å². The van der Waals surface area contributed by atoms with E-state index in [9.17, 15) is 4.39 Å². The number of ether oxygens (including phenoxy) is 2. The number of hydrogen-bond donors (Lipinski definition) is 0. The van der Waals surface area contributed by atoms with E-state index in [1.165, 1.54) is 31.2 Å². The molecule has 3 rings (SSSR count). The van der Waals surface area contributed by atoms with Gasteiger partial charge in [0.05, 0.1) is 13.2 Å². The Hall–Kier alpha value is -0.930. The molecule has 1 aliphatic heterocycles. The number of hydrogen-bond acceptors (Lipinski definition) is 2. The fourth-order valence-corrected chi connectivity index (χ4v) is 4.79. The lowest BCUT2D eigenvalue weighted by atomic mass is 9.78. The van der Waals surface area contributed by atoms with Gasteiger partial charge >= 0.3 is 0 Å². The molecule has 0 aromatic heterocycles. The van der Waals surface area contributed by atoms with Gasteiger partial charge in [0.25, 0.3) is 0 Å². The molecular formula is C25H39FO2. The van der Waals surface area contributed by atoms with Gasteiger partial charge < -0.3 is 9.47 Å². The van der Waals surface area contributed by atoms with Crippen LogP contribution >= 0.6 is 0 Å². The molecule has 3 heteroatoms. The predicted molar refractivity (Wildman–Crippen MR) is 113 cm³/mol. The molecule has 0 N–H and O–H groups in total. The Kier molecular flexibility index (Phi) is 8.79. The summed E-state index contributed by atoms with van der Waals surface area (Å²) in [5.74, 6) is 1.55. The van der Waals surface area contributed by atoms with E-state index in [2.05, 4.69) is 19.9 Å². The van der Waals surface area contributed by atoms with E-state index >= 15 is 0 Å². The lowest BCUT2D eigenvalue weighted by Crippen LogP contribution is -2.38. The van der Waals surface area contributed by atoms with Crippen LogP contribution in [0.5, 0.6) is 0 Å². The highest BCUT2D eigenvalue weighted by molar-refractivity contribution is 5.27. The smallest absolute Gasteiger partial charge is 0.160 e. The standard InChI is InChI=1S/C25H39FO2/c1-3-5-7-8-19-17-27-25(28-18-19)22-13-10-20(11-14-22)23-15-12-21(9-6-4-2)24(26)16-23/h12,15-16,19-20,22,25H,3-11,13-14,17-18H2,1-2H3/t19?,20-,22-,25?. The fourth-order valence-electron chi connectivity index (χ4n) is 4.79. The molecule has 0 spiro atoms. The van der Waals surface area contributed by atoms with Crippen molar-refractivity contribution >= 4 is 0 Å². The van der Waals surface area contributed by atoms with Gasteiger partial charge in [0, 0.05) is 11.8 Å². The molecule has 0 bridgehead atoms. The first kappa shape index (κ1) is 21.8. The molecule has 2 nitrogen and oxygen atoms in total. The minimum atomic E-state index is -0.0171. The first-order chi connectivity index (χ1) is 13.7. The van der Waals surface area contributed by atoms with Crippen LogP contribution in [-0.2, 0) is 15.9 Å². The maximum absolute atomic E-state index is 14.4. The third-order valence-corrected chi connectivity index (χ3v) is 6.71. The van der Waals surface area contributed by atoms with Crippen LogP contribution in [0.25, 0.3) is 0 Å². The number of unbranched alkanes of at least 4 members (excludes halogenated alkanes) is 3. The maximum Gasteiger partial charge on any atom is 0.160 e. The van der Waals surface area contributed by atoms with Gasteiger partial charge in [0.1, 0.15) is 5.82 Å². The summed E-state index contributed by atoms with van der Waals surface area (Å²) in [6, 6.07) is 5.97. The van der Waals surface area contributed by atoms with Crippen LogP contribution in [0.3, 0.4) is 0 Å². The fraction of sp³-hybridized carbons (Fsp3) is 0.760. The maximum atomic E-state index is 14.4. The van der Waals surface area contributed by atoms with Crippen molar-refractivity contribution in [2.24, 2.45) is 11.8 Å². The summed E-state index contributed by atoms with van der Waals surface area (Å²) in [5.41, 5.74) is 2.05. The van der Waals surface area contributed by atoms with Gasteiger partial charge in [0.2, 0.25) is 0 Å². The molecule has 0 atom stereocenters. The third kappa shape index (κ3) is 6.03. The van der Waals surface area contributed by atoms with Crippen molar-refractivity contribution in [3.8, 4) is 0 Å². The molecule has 1 saturated heterocycles. The van der Waals surface area contributed by atoms with Crippen molar-refractivity contribution in [2.45, 2.75) is 96.7 Å². The van der Waals surface area contributed by atoms with E-state index in [1.54, 1.807) is 6.07 Å². The quantitative estimate of drug-likeness (QED) is 0.422. The topological polar surface area (TPSA) is 18.5 Å². The highest BCUT2D eigenvalue weighted by atomic mass is 19.1. The van der Waals surface area contributed by atoms with E-state index in [4.69, 9.17) is 9.47 Å². The van der Waals surface area contributed by atoms with Gasteiger partial charge in [-0.1, -0.05) is 51.7 Å². The van der Waals surface area contributed by atoms with Crippen molar-refractivity contribution in [3.63, 3.8) is 0 Å². The summed E-state index contributed by atoms with van der Waals surface area (Å²) < 4.78 is 26.6. The Labute approximate surface area is 171 Å². The molecule has 1 aromatic rings. The van der Waals surface area contributed by atoms with E-state index in [0.717, 1.165) is 63.7 Å². The molecular weight excluding hydrogens is 351 g/mol. The summed E-state index contributed by atoms with van der Waals surface area (Å²) >= 11 is 0. The van der Waals surface area contributed by atoms with Crippen LogP contribution in [0.1, 0.15) is 95.1 Å². The highest BCUT2D eigenvalue weighted by Gasteiger charge is 2.32. The molecule has 1 aromatic carbocycles. The number of halogens is 1. The molecule has 2 aliphatic rings. The average Bonchev–Trinajstić information content (AvgIpc) is 2.74. The van der Waals surface area contributed by atoms with Crippen molar-refractivity contribution < 1.29 is 13.9 Å². The molecule has 1 saturated carbocycles. The van der Waals surface area contributed by atoms with Gasteiger partial charge in [-0.25, -0.2) is 4.39 Å². The Morgan fingerprint density at radius 3 is 2.29 bits per heavy atom. The molecule has 0 radical (unpaired) electrons. The SMILES string of the molecule is CCCCCC1COC([C@H]2CC[C@H](c3ccc(CCCC)c(F)c3)CC2)OC1. The van der Waals surface area contributed by atoms with Gasteiger partial charge in [-0.15, -0.1) is 0 Å². The number of benzene rings is 1. The summed E-state index contributed by atoms with van der Waals surface area (Å²) in [5, 5.41) is 0. The minimum absolute atomic E-state index is 0.0128. The van der Waals surface area contributed by atoms with E-state index in [1.807, 2.05) is 6.07 Å². The monoisotopic (exact) mass is 390 g/mol. The molecule has 158 valence electrons. The second kappa shape index (κ2) is 11.3. The van der Waals surface area contributed by atoms with Crippen LogP contribution in [0.4, 0.5) is 4.39 Å². The molecule has 0 amide bonds. The Morgan fingerprint density at radius 1 is 0.929 bits per heavy atom. The summed E-state index contributed by atoms with van der Waals surface area (Å²) in [6.07, 6.45) is 12.6. The molecule has 28 heavy (non-hydrogen) atoms. The first-order valence-corrected chi connectivity index (χ1v) is 11.7. The lowest BCUT2D eigenvalue weighted by Gasteiger charge is -2.37. The normalized spacial score (nSPS) is 28.4. The van der Waals surface area contributed by atoms with Gasteiger partial charge in [-0.2, -0.15) is 0 Å². The summed E-state index contributed by atoms with van der Waals surface area (Å²) in [6.45, 7) is 6.12. The van der Waals surface area contributed by atoms with E-state index < -0.39 is 0 Å². The summed E-state index contributed by atoms with van der Waals surface area (Å²) in [7, 11) is 0. The van der Waals surface area contributed by atoms with Gasteiger partial charge in [-0.3, -0.25) is 0 Å². The number of aryl methyl sites for hydroxylation is 1. The second-order valence-corrected chi connectivity index (χ2v) is 8.96. The highest BCUT2D eigenvalue weighted by Crippen LogP contribution is 2.39. The van der Waals surface area contributed by atoms with Crippen LogP contribution in [0.15, 0.2) is 18.2 Å². The van der Waals surface area contributed by atoms with Crippen LogP contribution < -0.4 is 0 Å². The average molecular weight is 391 g/mol. The second-order valence-electron chi connectivity index (χ2n) is 8.96. The number of rotatable bonds is 9. The van der Waals surface area contributed by atoms with Crippen LogP contribution in [0.2, 0.25) is 0 Å². The zero-order valence-corrected chi connectivity index (χ0v) is 17.9. The molecule has 1 heterocycles.